The number of aryl methyl sites for hydroxylation is 1. The fourth-order valence-corrected chi connectivity index (χ4v) is 3.09. The molecule has 3 rings (SSSR count). The van der Waals surface area contributed by atoms with E-state index in [9.17, 15) is 0 Å². The van der Waals surface area contributed by atoms with Crippen LogP contribution in [0.1, 0.15) is 49.1 Å². The second kappa shape index (κ2) is 4.02. The normalized spacial score (nSPS) is 25.2. The van der Waals surface area contributed by atoms with Crippen LogP contribution >= 0.6 is 0 Å². The van der Waals surface area contributed by atoms with Crippen molar-refractivity contribution in [2.75, 3.05) is 7.11 Å². The third kappa shape index (κ3) is 2.19. The first kappa shape index (κ1) is 11.1. The zero-order valence-corrected chi connectivity index (χ0v) is 10.5. The number of methoxy groups -OCH3 is 1. The minimum atomic E-state index is 0.166. The maximum absolute atomic E-state index is 6.27. The minimum absolute atomic E-state index is 0.166. The maximum atomic E-state index is 6.27. The number of nitrogens with two attached hydrogens (primary N) is 1. The second-order valence-corrected chi connectivity index (χ2v) is 5.72. The van der Waals surface area contributed by atoms with Crippen LogP contribution in [0.4, 0.5) is 0 Å². The molecular formula is C15H21NO. The molecule has 17 heavy (non-hydrogen) atoms. The van der Waals surface area contributed by atoms with E-state index in [0.717, 1.165) is 5.75 Å². The highest BCUT2D eigenvalue weighted by molar-refractivity contribution is 5.39. The van der Waals surface area contributed by atoms with Gasteiger partial charge >= 0.3 is 0 Å². The average molecular weight is 231 g/mol. The van der Waals surface area contributed by atoms with E-state index in [-0.39, 0.29) is 5.54 Å². The molecule has 0 amide bonds. The number of fused-ring (bicyclic) bond motifs is 1. The van der Waals surface area contributed by atoms with Crippen LogP contribution in [0.3, 0.4) is 0 Å². The fraction of sp³-hybridized carbons (Fsp3) is 0.600. The Bertz CT molecular complexity index is 423. The van der Waals surface area contributed by atoms with Crippen molar-refractivity contribution in [3.8, 4) is 5.75 Å². The summed E-state index contributed by atoms with van der Waals surface area (Å²) in [5, 5.41) is 0. The highest BCUT2D eigenvalue weighted by Gasteiger charge is 2.40. The molecule has 0 spiro atoms. The van der Waals surface area contributed by atoms with Crippen LogP contribution in [-0.4, -0.2) is 12.6 Å². The van der Waals surface area contributed by atoms with E-state index in [0.29, 0.717) is 5.92 Å². The van der Waals surface area contributed by atoms with Crippen LogP contribution in [0, 0.1) is 0 Å². The molecule has 2 N–H and O–H groups in total. The van der Waals surface area contributed by atoms with Gasteiger partial charge < -0.3 is 10.5 Å². The summed E-state index contributed by atoms with van der Waals surface area (Å²) in [6.07, 6.45) is 7.40. The van der Waals surface area contributed by atoms with E-state index >= 15 is 0 Å². The van der Waals surface area contributed by atoms with E-state index in [2.05, 4.69) is 18.2 Å². The number of ether oxygens (including phenoxy) is 1. The molecule has 0 aliphatic heterocycles. The molecule has 0 aromatic heterocycles. The highest BCUT2D eigenvalue weighted by atomic mass is 16.5. The van der Waals surface area contributed by atoms with Crippen molar-refractivity contribution in [1.29, 1.82) is 0 Å². The summed E-state index contributed by atoms with van der Waals surface area (Å²) in [4.78, 5) is 0. The molecule has 92 valence electrons. The SMILES string of the molecule is COc1ccc2c(c1)CCCC2CC1(N)CC1. The summed E-state index contributed by atoms with van der Waals surface area (Å²) in [7, 11) is 1.74. The first-order valence-electron chi connectivity index (χ1n) is 6.66. The van der Waals surface area contributed by atoms with E-state index in [4.69, 9.17) is 10.5 Å². The Kier molecular flexibility index (Phi) is 2.62. The van der Waals surface area contributed by atoms with Crippen LogP contribution in [0.15, 0.2) is 18.2 Å². The van der Waals surface area contributed by atoms with Crippen LogP contribution in [0.5, 0.6) is 5.75 Å². The van der Waals surface area contributed by atoms with Crippen molar-refractivity contribution < 1.29 is 4.74 Å². The van der Waals surface area contributed by atoms with E-state index in [1.807, 2.05) is 0 Å². The number of hydrogen-bond acceptors (Lipinski definition) is 2. The molecule has 1 fully saturated rings. The molecule has 2 nitrogen and oxygen atoms in total. The van der Waals surface area contributed by atoms with Crippen molar-refractivity contribution in [1.82, 2.24) is 0 Å². The fourth-order valence-electron chi connectivity index (χ4n) is 3.09. The first-order chi connectivity index (χ1) is 8.20. The summed E-state index contributed by atoms with van der Waals surface area (Å²) in [5.41, 5.74) is 9.43. The summed E-state index contributed by atoms with van der Waals surface area (Å²) in [5.74, 6) is 1.66. The molecule has 1 aromatic rings. The third-order valence-electron chi connectivity index (χ3n) is 4.33. The van der Waals surface area contributed by atoms with Gasteiger partial charge in [-0.05, 0) is 67.7 Å². The van der Waals surface area contributed by atoms with Gasteiger partial charge in [0, 0.05) is 5.54 Å². The Hall–Kier alpha value is -1.02. The number of benzene rings is 1. The van der Waals surface area contributed by atoms with E-state index in [1.165, 1.54) is 49.7 Å². The molecule has 1 saturated carbocycles. The summed E-state index contributed by atoms with van der Waals surface area (Å²) >= 11 is 0. The van der Waals surface area contributed by atoms with Gasteiger partial charge in [-0.3, -0.25) is 0 Å². The maximum Gasteiger partial charge on any atom is 0.119 e. The Labute approximate surface area is 103 Å². The van der Waals surface area contributed by atoms with Crippen LogP contribution < -0.4 is 10.5 Å². The van der Waals surface area contributed by atoms with Gasteiger partial charge in [0.25, 0.3) is 0 Å². The van der Waals surface area contributed by atoms with Gasteiger partial charge in [0.15, 0.2) is 0 Å². The largest absolute Gasteiger partial charge is 0.497 e. The van der Waals surface area contributed by atoms with Crippen molar-refractivity contribution >= 4 is 0 Å². The van der Waals surface area contributed by atoms with Crippen molar-refractivity contribution in [2.45, 2.75) is 50.0 Å². The number of rotatable bonds is 3. The Balaban J connectivity index is 1.86. The molecule has 0 radical (unpaired) electrons. The van der Waals surface area contributed by atoms with E-state index < -0.39 is 0 Å². The molecule has 1 unspecified atom stereocenters. The molecule has 2 aliphatic carbocycles. The first-order valence-corrected chi connectivity index (χ1v) is 6.66. The van der Waals surface area contributed by atoms with Gasteiger partial charge in [-0.25, -0.2) is 0 Å². The molecule has 0 saturated heterocycles. The molecule has 0 heterocycles. The lowest BCUT2D eigenvalue weighted by Crippen LogP contribution is -2.26. The average Bonchev–Trinajstić information content (AvgIpc) is 3.06. The Morgan fingerprint density at radius 2 is 2.24 bits per heavy atom. The lowest BCUT2D eigenvalue weighted by molar-refractivity contribution is 0.411. The zero-order valence-electron chi connectivity index (χ0n) is 10.5. The van der Waals surface area contributed by atoms with Crippen LogP contribution in [0.25, 0.3) is 0 Å². The zero-order chi connectivity index (χ0) is 11.9. The molecule has 2 heteroatoms. The third-order valence-corrected chi connectivity index (χ3v) is 4.33. The Morgan fingerprint density at radius 3 is 2.94 bits per heavy atom. The monoisotopic (exact) mass is 231 g/mol. The smallest absolute Gasteiger partial charge is 0.119 e. The standard InChI is InChI=1S/C15H21NO/c1-17-13-5-6-14-11(9-13)3-2-4-12(14)10-15(16)7-8-15/h5-6,9,12H,2-4,7-8,10,16H2,1H3. The molecule has 1 aromatic carbocycles. The van der Waals surface area contributed by atoms with Gasteiger partial charge in [0.05, 0.1) is 7.11 Å². The topological polar surface area (TPSA) is 35.2 Å². The quantitative estimate of drug-likeness (QED) is 0.868. The molecule has 1 atom stereocenters. The second-order valence-electron chi connectivity index (χ2n) is 5.72. The van der Waals surface area contributed by atoms with Crippen molar-refractivity contribution in [3.05, 3.63) is 29.3 Å². The predicted octanol–water partition coefficient (Wildman–Crippen LogP) is 3.00. The number of hydrogen-bond donors (Lipinski definition) is 1. The Morgan fingerprint density at radius 1 is 1.41 bits per heavy atom. The predicted molar refractivity (Wildman–Crippen MR) is 69.4 cm³/mol. The summed E-state index contributed by atoms with van der Waals surface area (Å²) < 4.78 is 5.30. The van der Waals surface area contributed by atoms with Gasteiger partial charge in [-0.15, -0.1) is 0 Å². The van der Waals surface area contributed by atoms with Gasteiger partial charge in [0.1, 0.15) is 5.75 Å². The van der Waals surface area contributed by atoms with Crippen LogP contribution in [0.2, 0.25) is 0 Å². The van der Waals surface area contributed by atoms with Crippen molar-refractivity contribution in [2.24, 2.45) is 5.73 Å². The minimum Gasteiger partial charge on any atom is -0.497 e. The lowest BCUT2D eigenvalue weighted by Gasteiger charge is -2.28. The van der Waals surface area contributed by atoms with Gasteiger partial charge in [-0.2, -0.15) is 0 Å². The molecule has 2 aliphatic rings. The van der Waals surface area contributed by atoms with E-state index in [1.54, 1.807) is 7.11 Å². The lowest BCUT2D eigenvalue weighted by atomic mass is 9.79. The summed E-state index contributed by atoms with van der Waals surface area (Å²) in [6.45, 7) is 0. The van der Waals surface area contributed by atoms with Gasteiger partial charge in [-0.1, -0.05) is 6.07 Å². The van der Waals surface area contributed by atoms with Gasteiger partial charge in [0.2, 0.25) is 0 Å². The van der Waals surface area contributed by atoms with Crippen molar-refractivity contribution in [3.63, 3.8) is 0 Å². The summed E-state index contributed by atoms with van der Waals surface area (Å²) in [6, 6.07) is 6.55. The highest BCUT2D eigenvalue weighted by Crippen LogP contribution is 2.45. The molecular weight excluding hydrogens is 210 g/mol. The molecule has 0 bridgehead atoms. The van der Waals surface area contributed by atoms with Crippen LogP contribution in [-0.2, 0) is 6.42 Å².